The van der Waals surface area contributed by atoms with E-state index in [1.165, 1.54) is 0 Å². The predicted octanol–water partition coefficient (Wildman–Crippen LogP) is 0.980. The van der Waals surface area contributed by atoms with Crippen LogP contribution in [0.15, 0.2) is 30.7 Å². The van der Waals surface area contributed by atoms with Crippen LogP contribution in [0, 0.1) is 0 Å². The van der Waals surface area contributed by atoms with E-state index in [0.717, 1.165) is 24.3 Å². The first-order valence-corrected chi connectivity index (χ1v) is 5.50. The average Bonchev–Trinajstić information content (AvgIpc) is 2.76. The number of nitrogens with one attached hydrogen (secondary N) is 1. The van der Waals surface area contributed by atoms with E-state index in [1.807, 2.05) is 28.9 Å². The molecule has 3 rings (SSSR count). The van der Waals surface area contributed by atoms with Crippen LogP contribution in [0.3, 0.4) is 0 Å². The molecule has 2 aromatic rings. The number of ketones is 1. The molecule has 0 radical (unpaired) electrons. The molecule has 0 spiro atoms. The third-order valence-electron chi connectivity index (χ3n) is 3.10. The normalized spacial score (nSPS) is 21.5. The molecular formula is C12H13N3O. The van der Waals surface area contributed by atoms with Gasteiger partial charge in [-0.15, -0.1) is 0 Å². The number of carbonyl (C=O) groups is 1. The van der Waals surface area contributed by atoms with Gasteiger partial charge in [0.05, 0.1) is 5.92 Å². The molecule has 1 unspecified atom stereocenters. The lowest BCUT2D eigenvalue weighted by molar-refractivity contribution is -0.121. The van der Waals surface area contributed by atoms with Crippen molar-refractivity contribution in [2.24, 2.45) is 0 Å². The molecule has 16 heavy (non-hydrogen) atoms. The van der Waals surface area contributed by atoms with Crippen molar-refractivity contribution >= 4 is 11.4 Å². The number of pyridine rings is 1. The van der Waals surface area contributed by atoms with E-state index in [0.29, 0.717) is 12.2 Å². The van der Waals surface area contributed by atoms with Crippen LogP contribution in [0.1, 0.15) is 17.9 Å². The topological polar surface area (TPSA) is 46.4 Å². The fourth-order valence-corrected chi connectivity index (χ4v) is 2.19. The predicted molar refractivity (Wildman–Crippen MR) is 60.4 cm³/mol. The van der Waals surface area contributed by atoms with Crippen LogP contribution in [0.5, 0.6) is 0 Å². The van der Waals surface area contributed by atoms with Crippen LogP contribution in [-0.2, 0) is 4.79 Å². The van der Waals surface area contributed by atoms with Crippen LogP contribution < -0.4 is 5.32 Å². The minimum absolute atomic E-state index is 0.000509. The molecule has 1 saturated heterocycles. The van der Waals surface area contributed by atoms with E-state index < -0.39 is 0 Å². The smallest absolute Gasteiger partial charge is 0.142 e. The Labute approximate surface area is 93.3 Å². The van der Waals surface area contributed by atoms with Crippen LogP contribution >= 0.6 is 0 Å². The quantitative estimate of drug-likeness (QED) is 0.771. The maximum atomic E-state index is 11.8. The summed E-state index contributed by atoms with van der Waals surface area (Å²) >= 11 is 0. The van der Waals surface area contributed by atoms with Crippen molar-refractivity contribution in [2.75, 3.05) is 13.1 Å². The summed E-state index contributed by atoms with van der Waals surface area (Å²) in [6, 6.07) is 3.95. The summed E-state index contributed by atoms with van der Waals surface area (Å²) in [6.07, 6.45) is 6.30. The van der Waals surface area contributed by atoms with Gasteiger partial charge in [-0.05, 0) is 11.6 Å². The zero-order valence-corrected chi connectivity index (χ0v) is 8.89. The maximum Gasteiger partial charge on any atom is 0.142 e. The van der Waals surface area contributed by atoms with Gasteiger partial charge in [0.2, 0.25) is 0 Å². The first-order valence-electron chi connectivity index (χ1n) is 5.50. The lowest BCUT2D eigenvalue weighted by Gasteiger charge is -2.21. The van der Waals surface area contributed by atoms with Gasteiger partial charge < -0.3 is 9.72 Å². The molecule has 0 bridgehead atoms. The van der Waals surface area contributed by atoms with Crippen molar-refractivity contribution in [3.05, 3.63) is 36.3 Å². The number of nitrogens with zero attached hydrogens (tertiary/aromatic N) is 2. The van der Waals surface area contributed by atoms with Gasteiger partial charge in [0.25, 0.3) is 0 Å². The van der Waals surface area contributed by atoms with E-state index in [4.69, 9.17) is 0 Å². The fourth-order valence-electron chi connectivity index (χ4n) is 2.19. The monoisotopic (exact) mass is 215 g/mol. The number of Topliss-reactive ketones (excluding diaryl/α,β-unsaturated/α-hetero) is 1. The Morgan fingerprint density at radius 3 is 3.25 bits per heavy atom. The zero-order chi connectivity index (χ0) is 11.0. The van der Waals surface area contributed by atoms with Crippen LogP contribution in [0.4, 0.5) is 0 Å². The molecule has 1 N–H and O–H groups in total. The van der Waals surface area contributed by atoms with Gasteiger partial charge in [0.1, 0.15) is 11.4 Å². The van der Waals surface area contributed by atoms with Gasteiger partial charge >= 0.3 is 0 Å². The molecular weight excluding hydrogens is 202 g/mol. The van der Waals surface area contributed by atoms with E-state index in [1.54, 1.807) is 6.20 Å². The molecule has 0 aromatic carbocycles. The highest BCUT2D eigenvalue weighted by Gasteiger charge is 2.23. The second-order valence-electron chi connectivity index (χ2n) is 4.13. The second-order valence-corrected chi connectivity index (χ2v) is 4.13. The van der Waals surface area contributed by atoms with E-state index >= 15 is 0 Å². The Kier molecular flexibility index (Phi) is 2.22. The van der Waals surface area contributed by atoms with Gasteiger partial charge in [-0.2, -0.15) is 0 Å². The number of fused-ring (bicyclic) bond motifs is 1. The first kappa shape index (κ1) is 9.54. The first-order chi connectivity index (χ1) is 7.84. The van der Waals surface area contributed by atoms with E-state index in [2.05, 4.69) is 10.3 Å². The van der Waals surface area contributed by atoms with Crippen molar-refractivity contribution in [3.63, 3.8) is 0 Å². The molecule has 4 nitrogen and oxygen atoms in total. The van der Waals surface area contributed by atoms with Crippen molar-refractivity contribution in [3.8, 4) is 0 Å². The van der Waals surface area contributed by atoms with Crippen LogP contribution in [0.2, 0.25) is 0 Å². The van der Waals surface area contributed by atoms with Crippen molar-refractivity contribution in [1.82, 2.24) is 14.7 Å². The molecule has 0 amide bonds. The molecule has 2 aromatic heterocycles. The van der Waals surface area contributed by atoms with Gasteiger partial charge in [-0.3, -0.25) is 4.79 Å². The number of carbonyl (C=O) groups excluding carboxylic acids is 1. The summed E-state index contributed by atoms with van der Waals surface area (Å²) < 4.78 is 1.96. The van der Waals surface area contributed by atoms with Crippen LogP contribution in [-0.4, -0.2) is 28.3 Å². The van der Waals surface area contributed by atoms with Gasteiger partial charge in [0.15, 0.2) is 0 Å². The van der Waals surface area contributed by atoms with Crippen molar-refractivity contribution < 1.29 is 4.79 Å². The minimum atomic E-state index is 0.000509. The molecule has 0 aliphatic carbocycles. The standard InChI is InChI=1S/C12H13N3O/c16-11-3-4-13-7-10(11)9-1-2-12-14-5-6-15(12)8-9/h1-2,5-6,8,10,13H,3-4,7H2. The highest BCUT2D eigenvalue weighted by molar-refractivity contribution is 5.86. The van der Waals surface area contributed by atoms with Gasteiger partial charge in [-0.1, -0.05) is 6.07 Å². The third kappa shape index (κ3) is 1.51. The number of piperidine rings is 1. The highest BCUT2D eigenvalue weighted by Crippen LogP contribution is 2.20. The summed E-state index contributed by atoms with van der Waals surface area (Å²) in [6.45, 7) is 1.56. The zero-order valence-electron chi connectivity index (χ0n) is 8.89. The van der Waals surface area contributed by atoms with Crippen molar-refractivity contribution in [1.29, 1.82) is 0 Å². The summed E-state index contributed by atoms with van der Waals surface area (Å²) in [5.74, 6) is 0.332. The lowest BCUT2D eigenvalue weighted by Crippen LogP contribution is -2.35. The molecule has 1 atom stereocenters. The molecule has 3 heterocycles. The van der Waals surface area contributed by atoms with Crippen LogP contribution in [0.25, 0.3) is 5.65 Å². The number of imidazole rings is 1. The number of hydrogen-bond acceptors (Lipinski definition) is 3. The summed E-state index contributed by atoms with van der Waals surface area (Å²) in [4.78, 5) is 16.0. The Morgan fingerprint density at radius 2 is 2.38 bits per heavy atom. The summed E-state index contributed by atoms with van der Waals surface area (Å²) in [5, 5.41) is 3.26. The highest BCUT2D eigenvalue weighted by atomic mass is 16.1. The Bertz CT molecular complexity index is 532. The largest absolute Gasteiger partial charge is 0.315 e. The van der Waals surface area contributed by atoms with E-state index in [-0.39, 0.29) is 5.92 Å². The average molecular weight is 215 g/mol. The fraction of sp³-hybridized carbons (Fsp3) is 0.333. The Morgan fingerprint density at radius 1 is 1.44 bits per heavy atom. The lowest BCUT2D eigenvalue weighted by atomic mass is 9.91. The van der Waals surface area contributed by atoms with Gasteiger partial charge in [0, 0.05) is 38.1 Å². The van der Waals surface area contributed by atoms with Gasteiger partial charge in [-0.25, -0.2) is 4.98 Å². The number of rotatable bonds is 1. The molecule has 82 valence electrons. The van der Waals surface area contributed by atoms with Crippen molar-refractivity contribution in [2.45, 2.75) is 12.3 Å². The second kappa shape index (κ2) is 3.72. The molecule has 1 aliphatic rings. The summed E-state index contributed by atoms with van der Waals surface area (Å²) in [7, 11) is 0. The molecule has 4 heteroatoms. The third-order valence-corrected chi connectivity index (χ3v) is 3.10. The minimum Gasteiger partial charge on any atom is -0.315 e. The maximum absolute atomic E-state index is 11.8. The SMILES string of the molecule is O=C1CCNCC1c1ccc2nccn2c1. The number of hydrogen-bond donors (Lipinski definition) is 1. The Balaban J connectivity index is 2.00. The summed E-state index contributed by atoms with van der Waals surface area (Å²) in [5.41, 5.74) is 1.99. The van der Waals surface area contributed by atoms with E-state index in [9.17, 15) is 4.79 Å². The molecule has 0 saturated carbocycles. The molecule has 1 aliphatic heterocycles. The Hall–Kier alpha value is -1.68. The number of aromatic nitrogens is 2. The molecule has 1 fully saturated rings.